The molecule has 0 aliphatic carbocycles. The predicted octanol–water partition coefficient (Wildman–Crippen LogP) is 2.91. The fraction of sp³-hybridized carbons (Fsp3) is 0.632. The number of benzene rings is 1. The predicted molar refractivity (Wildman–Crippen MR) is 119 cm³/mol. The molecular formula is C19H33FIN5. The van der Waals surface area contributed by atoms with Gasteiger partial charge in [0.2, 0.25) is 0 Å². The smallest absolute Gasteiger partial charge is 0.188 e. The second kappa shape index (κ2) is 12.3. The molecule has 2 rings (SSSR count). The third-order valence-electron chi connectivity index (χ3n) is 4.51. The molecule has 1 aliphatic heterocycles. The van der Waals surface area contributed by atoms with E-state index in [4.69, 9.17) is 5.73 Å². The quantitative estimate of drug-likeness (QED) is 0.262. The molecule has 26 heavy (non-hydrogen) atoms. The number of anilines is 1. The van der Waals surface area contributed by atoms with Crippen molar-refractivity contribution >= 4 is 35.6 Å². The first kappa shape index (κ1) is 23.0. The molecule has 0 bridgehead atoms. The number of hydrogen-bond donors (Lipinski definition) is 2. The molecule has 0 spiro atoms. The molecule has 1 saturated heterocycles. The number of rotatable bonds is 8. The molecule has 1 aromatic carbocycles. The molecule has 1 aliphatic rings. The van der Waals surface area contributed by atoms with Gasteiger partial charge in [0.15, 0.2) is 5.96 Å². The lowest BCUT2D eigenvalue weighted by Gasteiger charge is -2.36. The van der Waals surface area contributed by atoms with Crippen molar-refractivity contribution in [2.24, 2.45) is 16.6 Å². The Morgan fingerprint density at radius 2 is 1.92 bits per heavy atom. The number of halogens is 2. The Bertz CT molecular complexity index is 544. The van der Waals surface area contributed by atoms with E-state index in [0.29, 0.717) is 17.6 Å². The van der Waals surface area contributed by atoms with Crippen LogP contribution < -0.4 is 16.0 Å². The molecule has 7 heteroatoms. The van der Waals surface area contributed by atoms with E-state index in [1.807, 2.05) is 12.1 Å². The highest BCUT2D eigenvalue weighted by Gasteiger charge is 2.18. The van der Waals surface area contributed by atoms with Crippen molar-refractivity contribution in [1.82, 2.24) is 10.2 Å². The van der Waals surface area contributed by atoms with E-state index < -0.39 is 0 Å². The van der Waals surface area contributed by atoms with Crippen LogP contribution in [0.4, 0.5) is 10.1 Å². The molecule has 0 aromatic heterocycles. The maximum Gasteiger partial charge on any atom is 0.188 e. The number of aliphatic imine (C=N–C) groups is 1. The van der Waals surface area contributed by atoms with Gasteiger partial charge >= 0.3 is 0 Å². The minimum Gasteiger partial charge on any atom is -0.370 e. The van der Waals surface area contributed by atoms with Gasteiger partial charge in [-0.05, 0) is 30.9 Å². The largest absolute Gasteiger partial charge is 0.370 e. The molecule has 0 atom stereocenters. The van der Waals surface area contributed by atoms with E-state index in [-0.39, 0.29) is 29.8 Å². The van der Waals surface area contributed by atoms with Gasteiger partial charge in [-0.2, -0.15) is 0 Å². The molecule has 1 aromatic rings. The van der Waals surface area contributed by atoms with E-state index in [1.165, 1.54) is 6.07 Å². The molecule has 0 saturated carbocycles. The summed E-state index contributed by atoms with van der Waals surface area (Å²) in [7, 11) is 0. The number of nitrogens with one attached hydrogen (secondary N) is 1. The van der Waals surface area contributed by atoms with Gasteiger partial charge in [0.05, 0.1) is 5.69 Å². The van der Waals surface area contributed by atoms with Crippen molar-refractivity contribution in [1.29, 1.82) is 0 Å². The van der Waals surface area contributed by atoms with Crippen molar-refractivity contribution < 1.29 is 4.39 Å². The van der Waals surface area contributed by atoms with Gasteiger partial charge in [-0.3, -0.25) is 9.89 Å². The molecule has 1 heterocycles. The number of guanidine groups is 1. The van der Waals surface area contributed by atoms with Gasteiger partial charge in [0.1, 0.15) is 5.82 Å². The molecule has 148 valence electrons. The third-order valence-corrected chi connectivity index (χ3v) is 4.51. The average Bonchev–Trinajstić information content (AvgIpc) is 2.59. The second-order valence-corrected chi connectivity index (χ2v) is 7.01. The summed E-state index contributed by atoms with van der Waals surface area (Å²) in [6.07, 6.45) is 2.09. The lowest BCUT2D eigenvalue weighted by molar-refractivity contribution is 0.256. The summed E-state index contributed by atoms with van der Waals surface area (Å²) in [5.74, 6) is 1.08. The van der Waals surface area contributed by atoms with Gasteiger partial charge in [0.25, 0.3) is 0 Å². The minimum absolute atomic E-state index is 0. The van der Waals surface area contributed by atoms with Crippen LogP contribution in [0, 0.1) is 11.7 Å². The summed E-state index contributed by atoms with van der Waals surface area (Å²) in [5, 5.41) is 3.15. The Kier molecular flexibility index (Phi) is 10.9. The van der Waals surface area contributed by atoms with Gasteiger partial charge in [-0.15, -0.1) is 24.0 Å². The normalized spacial score (nSPS) is 15.8. The van der Waals surface area contributed by atoms with Crippen LogP contribution in [0.25, 0.3) is 0 Å². The zero-order chi connectivity index (χ0) is 18.1. The first-order valence-corrected chi connectivity index (χ1v) is 9.32. The van der Waals surface area contributed by atoms with Crippen LogP contribution >= 0.6 is 24.0 Å². The minimum atomic E-state index is -0.134. The van der Waals surface area contributed by atoms with Crippen molar-refractivity contribution in [3.8, 4) is 0 Å². The van der Waals surface area contributed by atoms with E-state index in [2.05, 4.69) is 34.0 Å². The number of hydrogen-bond acceptors (Lipinski definition) is 3. The van der Waals surface area contributed by atoms with Crippen molar-refractivity contribution in [3.63, 3.8) is 0 Å². The molecule has 0 unspecified atom stereocenters. The van der Waals surface area contributed by atoms with E-state index in [1.54, 1.807) is 6.07 Å². The summed E-state index contributed by atoms with van der Waals surface area (Å²) in [4.78, 5) is 8.91. The Morgan fingerprint density at radius 1 is 1.23 bits per heavy atom. The Labute approximate surface area is 174 Å². The van der Waals surface area contributed by atoms with Crippen LogP contribution in [0.15, 0.2) is 29.3 Å². The fourth-order valence-corrected chi connectivity index (χ4v) is 2.96. The second-order valence-electron chi connectivity index (χ2n) is 7.01. The van der Waals surface area contributed by atoms with Crippen LogP contribution in [-0.2, 0) is 0 Å². The summed E-state index contributed by atoms with van der Waals surface area (Å²) in [6, 6.07) is 7.01. The zero-order valence-electron chi connectivity index (χ0n) is 16.0. The number of nitrogens with two attached hydrogens (primary N) is 1. The van der Waals surface area contributed by atoms with Crippen LogP contribution in [0.3, 0.4) is 0 Å². The standard InChI is InChI=1S/C19H32FN5.HI/c1-16(2)8-10-23-19(21)22-9-5-11-24-12-14-25(15-13-24)18-7-4-3-6-17(18)20;/h3-4,6-7,16H,5,8-15H2,1-2H3,(H3,21,22,23);1H. The van der Waals surface area contributed by atoms with Crippen LogP contribution in [0.1, 0.15) is 26.7 Å². The Hall–Kier alpha value is -1.09. The number of nitrogens with zero attached hydrogens (tertiary/aromatic N) is 3. The van der Waals surface area contributed by atoms with Gasteiger partial charge in [-0.1, -0.05) is 26.0 Å². The zero-order valence-corrected chi connectivity index (χ0v) is 18.3. The van der Waals surface area contributed by atoms with Crippen molar-refractivity contribution in [2.45, 2.75) is 26.7 Å². The number of piperazine rings is 1. The SMILES string of the molecule is CC(C)CCNC(N)=NCCCN1CCN(c2ccccc2F)CC1.I. The monoisotopic (exact) mass is 477 g/mol. The highest BCUT2D eigenvalue weighted by molar-refractivity contribution is 14.0. The lowest BCUT2D eigenvalue weighted by atomic mass is 10.1. The number of para-hydroxylation sites is 1. The molecule has 0 amide bonds. The maximum atomic E-state index is 13.8. The van der Waals surface area contributed by atoms with Crippen LogP contribution in [-0.4, -0.2) is 56.7 Å². The fourth-order valence-electron chi connectivity index (χ4n) is 2.96. The summed E-state index contributed by atoms with van der Waals surface area (Å²) in [5.41, 5.74) is 6.57. The van der Waals surface area contributed by atoms with E-state index >= 15 is 0 Å². The van der Waals surface area contributed by atoms with Crippen molar-refractivity contribution in [3.05, 3.63) is 30.1 Å². The van der Waals surface area contributed by atoms with Crippen LogP contribution in [0.2, 0.25) is 0 Å². The average molecular weight is 477 g/mol. The van der Waals surface area contributed by atoms with Gasteiger partial charge < -0.3 is 16.0 Å². The summed E-state index contributed by atoms with van der Waals surface area (Å²) < 4.78 is 13.8. The highest BCUT2D eigenvalue weighted by Crippen LogP contribution is 2.20. The van der Waals surface area contributed by atoms with E-state index in [0.717, 1.165) is 58.7 Å². The molecule has 5 nitrogen and oxygen atoms in total. The first-order valence-electron chi connectivity index (χ1n) is 9.32. The Balaban J connectivity index is 0.00000338. The van der Waals surface area contributed by atoms with E-state index in [9.17, 15) is 4.39 Å². The molecule has 0 radical (unpaired) electrons. The molecular weight excluding hydrogens is 444 g/mol. The van der Waals surface area contributed by atoms with Crippen molar-refractivity contribution in [2.75, 3.05) is 50.7 Å². The molecule has 3 N–H and O–H groups in total. The first-order chi connectivity index (χ1) is 12.1. The van der Waals surface area contributed by atoms with Gasteiger partial charge in [0, 0.05) is 45.8 Å². The summed E-state index contributed by atoms with van der Waals surface area (Å²) in [6.45, 7) is 10.7. The Morgan fingerprint density at radius 3 is 2.58 bits per heavy atom. The van der Waals surface area contributed by atoms with Crippen LogP contribution in [0.5, 0.6) is 0 Å². The third kappa shape index (κ3) is 8.07. The lowest BCUT2D eigenvalue weighted by Crippen LogP contribution is -2.47. The molecule has 1 fully saturated rings. The highest BCUT2D eigenvalue weighted by atomic mass is 127. The summed E-state index contributed by atoms with van der Waals surface area (Å²) >= 11 is 0. The maximum absolute atomic E-state index is 13.8. The topological polar surface area (TPSA) is 56.9 Å². The van der Waals surface area contributed by atoms with Gasteiger partial charge in [-0.25, -0.2) is 4.39 Å².